The highest BCUT2D eigenvalue weighted by atomic mass is 19.1. The Hall–Kier alpha value is -2.45. The molecule has 1 atom stereocenters. The molecule has 0 aliphatic carbocycles. The molecule has 7 nitrogen and oxygen atoms in total. The van der Waals surface area contributed by atoms with Gasteiger partial charge in [0.2, 0.25) is 0 Å². The molecule has 0 spiro atoms. The molecule has 1 aliphatic heterocycles. The zero-order chi connectivity index (χ0) is 22.1. The molecule has 31 heavy (non-hydrogen) atoms. The molecule has 1 aromatic carbocycles. The van der Waals surface area contributed by atoms with E-state index in [2.05, 4.69) is 39.5 Å². The van der Waals surface area contributed by atoms with Crippen LogP contribution in [0.4, 0.5) is 4.39 Å². The summed E-state index contributed by atoms with van der Waals surface area (Å²) in [6, 6.07) is 8.83. The molecule has 0 radical (unpaired) electrons. The fourth-order valence-corrected chi connectivity index (χ4v) is 3.96. The smallest absolute Gasteiger partial charge is 0.191 e. The van der Waals surface area contributed by atoms with E-state index in [4.69, 9.17) is 9.26 Å². The maximum atomic E-state index is 13.9. The van der Waals surface area contributed by atoms with Crippen molar-refractivity contribution in [2.75, 3.05) is 39.9 Å². The number of morpholine rings is 1. The number of halogens is 1. The number of rotatable bonds is 9. The second kappa shape index (κ2) is 11.8. The lowest BCUT2D eigenvalue weighted by Crippen LogP contribution is -2.46. The third kappa shape index (κ3) is 6.51. The molecular formula is C23H34FN5O2. The Labute approximate surface area is 184 Å². The van der Waals surface area contributed by atoms with Gasteiger partial charge < -0.3 is 19.9 Å². The van der Waals surface area contributed by atoms with Gasteiger partial charge >= 0.3 is 0 Å². The number of aromatic nitrogens is 1. The van der Waals surface area contributed by atoms with Crippen molar-refractivity contribution in [2.45, 2.75) is 45.2 Å². The van der Waals surface area contributed by atoms with Crippen molar-refractivity contribution in [3.05, 3.63) is 53.2 Å². The maximum Gasteiger partial charge on any atom is 0.191 e. The van der Waals surface area contributed by atoms with E-state index in [1.165, 1.54) is 6.07 Å². The summed E-state index contributed by atoms with van der Waals surface area (Å²) in [5.74, 6) is 1.64. The highest BCUT2D eigenvalue weighted by molar-refractivity contribution is 5.79. The van der Waals surface area contributed by atoms with Gasteiger partial charge in [-0.3, -0.25) is 9.89 Å². The van der Waals surface area contributed by atoms with Gasteiger partial charge in [0.1, 0.15) is 5.82 Å². The lowest BCUT2D eigenvalue weighted by Gasteiger charge is -2.35. The van der Waals surface area contributed by atoms with Gasteiger partial charge in [0, 0.05) is 38.7 Å². The van der Waals surface area contributed by atoms with Crippen LogP contribution in [0.2, 0.25) is 0 Å². The standard InChI is InChI=1S/C23H34FN5O2/c1-4-17(5-2)21-14-20(31-28-21)15-26-23(25-3)27-16-22(29-9-11-30-12-10-29)18-7-6-8-19(24)13-18/h6-8,13-14,17,22H,4-5,9-12,15-16H2,1-3H3,(H2,25,26,27). The lowest BCUT2D eigenvalue weighted by molar-refractivity contribution is 0.0169. The van der Waals surface area contributed by atoms with Gasteiger partial charge in [0.05, 0.1) is 31.5 Å². The van der Waals surface area contributed by atoms with Crippen molar-refractivity contribution >= 4 is 5.96 Å². The van der Waals surface area contributed by atoms with Crippen LogP contribution in [-0.2, 0) is 11.3 Å². The average Bonchev–Trinajstić information content (AvgIpc) is 3.26. The van der Waals surface area contributed by atoms with Crippen LogP contribution in [0.15, 0.2) is 39.8 Å². The Kier molecular flexibility index (Phi) is 8.85. The van der Waals surface area contributed by atoms with Crippen LogP contribution in [0.5, 0.6) is 0 Å². The number of aliphatic imine (C=N–C) groups is 1. The van der Waals surface area contributed by atoms with E-state index in [-0.39, 0.29) is 11.9 Å². The van der Waals surface area contributed by atoms with Crippen molar-refractivity contribution in [1.29, 1.82) is 0 Å². The first-order valence-corrected chi connectivity index (χ1v) is 11.1. The molecular weight excluding hydrogens is 397 g/mol. The summed E-state index contributed by atoms with van der Waals surface area (Å²) in [6.07, 6.45) is 2.09. The molecule has 1 saturated heterocycles. The summed E-state index contributed by atoms with van der Waals surface area (Å²) >= 11 is 0. The largest absolute Gasteiger partial charge is 0.379 e. The van der Waals surface area contributed by atoms with Gasteiger partial charge in [-0.15, -0.1) is 0 Å². The minimum Gasteiger partial charge on any atom is -0.379 e. The van der Waals surface area contributed by atoms with Crippen LogP contribution in [0.3, 0.4) is 0 Å². The zero-order valence-corrected chi connectivity index (χ0v) is 18.7. The molecule has 1 fully saturated rings. The number of ether oxygens (including phenoxy) is 1. The second-order valence-electron chi connectivity index (χ2n) is 7.76. The average molecular weight is 432 g/mol. The minimum absolute atomic E-state index is 0.0184. The second-order valence-corrected chi connectivity index (χ2v) is 7.76. The normalized spacial score (nSPS) is 16.5. The molecule has 0 saturated carbocycles. The van der Waals surface area contributed by atoms with Crippen LogP contribution >= 0.6 is 0 Å². The van der Waals surface area contributed by atoms with E-state index in [9.17, 15) is 4.39 Å². The summed E-state index contributed by atoms with van der Waals surface area (Å²) in [5.41, 5.74) is 1.94. The highest BCUT2D eigenvalue weighted by Crippen LogP contribution is 2.23. The first-order valence-electron chi connectivity index (χ1n) is 11.1. The van der Waals surface area contributed by atoms with Gasteiger partial charge in [-0.1, -0.05) is 31.1 Å². The molecule has 0 amide bonds. The molecule has 170 valence electrons. The predicted molar refractivity (Wildman–Crippen MR) is 120 cm³/mol. The van der Waals surface area contributed by atoms with Crippen molar-refractivity contribution in [2.24, 2.45) is 4.99 Å². The molecule has 3 rings (SSSR count). The van der Waals surface area contributed by atoms with E-state index in [1.807, 2.05) is 12.1 Å². The van der Waals surface area contributed by atoms with Gasteiger partial charge in [0.15, 0.2) is 11.7 Å². The van der Waals surface area contributed by atoms with Crippen LogP contribution in [0.25, 0.3) is 0 Å². The molecule has 1 unspecified atom stereocenters. The predicted octanol–water partition coefficient (Wildman–Crippen LogP) is 3.46. The van der Waals surface area contributed by atoms with Crippen LogP contribution < -0.4 is 10.6 Å². The zero-order valence-electron chi connectivity index (χ0n) is 18.7. The Morgan fingerprint density at radius 3 is 2.65 bits per heavy atom. The van der Waals surface area contributed by atoms with Gasteiger partial charge in [-0.2, -0.15) is 0 Å². The highest BCUT2D eigenvalue weighted by Gasteiger charge is 2.23. The van der Waals surface area contributed by atoms with E-state index in [0.717, 1.165) is 42.9 Å². The lowest BCUT2D eigenvalue weighted by atomic mass is 9.99. The van der Waals surface area contributed by atoms with E-state index in [0.29, 0.717) is 38.2 Å². The van der Waals surface area contributed by atoms with Crippen molar-refractivity contribution in [3.8, 4) is 0 Å². The monoisotopic (exact) mass is 431 g/mol. The molecule has 1 aliphatic rings. The topological polar surface area (TPSA) is 74.9 Å². The molecule has 2 heterocycles. The number of hydrogen-bond donors (Lipinski definition) is 2. The number of nitrogens with zero attached hydrogens (tertiary/aromatic N) is 3. The summed E-state index contributed by atoms with van der Waals surface area (Å²) < 4.78 is 24.8. The van der Waals surface area contributed by atoms with Gasteiger partial charge in [-0.25, -0.2) is 4.39 Å². The quantitative estimate of drug-likeness (QED) is 0.468. The van der Waals surface area contributed by atoms with Crippen molar-refractivity contribution in [1.82, 2.24) is 20.7 Å². The Morgan fingerprint density at radius 1 is 1.19 bits per heavy atom. The van der Waals surface area contributed by atoms with Crippen LogP contribution in [0, 0.1) is 5.82 Å². The Balaban J connectivity index is 1.60. The number of benzene rings is 1. The minimum atomic E-state index is -0.225. The van der Waals surface area contributed by atoms with Crippen molar-refractivity contribution in [3.63, 3.8) is 0 Å². The maximum absolute atomic E-state index is 13.9. The number of hydrogen-bond acceptors (Lipinski definition) is 5. The Bertz CT molecular complexity index is 831. The van der Waals surface area contributed by atoms with Crippen LogP contribution in [-0.4, -0.2) is 55.9 Å². The third-order valence-corrected chi connectivity index (χ3v) is 5.82. The molecule has 2 aromatic rings. The summed E-state index contributed by atoms with van der Waals surface area (Å²) in [6.45, 7) is 8.41. The van der Waals surface area contributed by atoms with E-state index < -0.39 is 0 Å². The molecule has 0 bridgehead atoms. The van der Waals surface area contributed by atoms with Gasteiger partial charge in [0.25, 0.3) is 0 Å². The summed E-state index contributed by atoms with van der Waals surface area (Å²) in [4.78, 5) is 6.64. The first-order chi connectivity index (χ1) is 15.1. The van der Waals surface area contributed by atoms with Crippen LogP contribution in [0.1, 0.15) is 55.7 Å². The van der Waals surface area contributed by atoms with Gasteiger partial charge in [-0.05, 0) is 30.5 Å². The van der Waals surface area contributed by atoms with E-state index >= 15 is 0 Å². The Morgan fingerprint density at radius 2 is 1.97 bits per heavy atom. The molecule has 1 aromatic heterocycles. The fraction of sp³-hybridized carbons (Fsp3) is 0.565. The SMILES string of the molecule is CCC(CC)c1cc(CNC(=NC)NCC(c2cccc(F)c2)N2CCOCC2)on1. The summed E-state index contributed by atoms with van der Waals surface area (Å²) in [7, 11) is 1.73. The van der Waals surface area contributed by atoms with Crippen molar-refractivity contribution < 1.29 is 13.7 Å². The van der Waals surface area contributed by atoms with E-state index in [1.54, 1.807) is 19.2 Å². The first kappa shape index (κ1) is 23.2. The number of guanidine groups is 1. The fourth-order valence-electron chi connectivity index (χ4n) is 3.96. The molecule has 8 heteroatoms. The third-order valence-electron chi connectivity index (χ3n) is 5.82. The number of nitrogens with one attached hydrogen (secondary N) is 2. The molecule has 2 N–H and O–H groups in total. The summed E-state index contributed by atoms with van der Waals surface area (Å²) in [5, 5.41) is 10.9.